The maximum atomic E-state index is 12.3. The standard InChI is InChI=1S/C27H37NO7/c1-27(2,3)35-26(31)28-16-22(29)25(23(30)17-28)19-10-12-21(13-11-19)34-15-7-14-33-18-20-8-5-6-9-24(20)32-4/h5-6,8-13,22-23,25,29-30H,7,14-18H2,1-4H3. The molecule has 0 radical (unpaired) electrons. The van der Waals surface area contributed by atoms with E-state index < -0.39 is 29.8 Å². The number of para-hydroxylation sites is 1. The maximum Gasteiger partial charge on any atom is 0.410 e. The van der Waals surface area contributed by atoms with Crippen LogP contribution in [0.1, 0.15) is 44.2 Å². The van der Waals surface area contributed by atoms with Gasteiger partial charge < -0.3 is 34.1 Å². The third-order valence-electron chi connectivity index (χ3n) is 5.71. The number of hydrogen-bond acceptors (Lipinski definition) is 7. The molecule has 3 rings (SSSR count). The van der Waals surface area contributed by atoms with Gasteiger partial charge in [0.05, 0.1) is 52.2 Å². The van der Waals surface area contributed by atoms with Gasteiger partial charge in [-0.1, -0.05) is 30.3 Å². The number of nitrogens with zero attached hydrogens (tertiary/aromatic N) is 1. The van der Waals surface area contributed by atoms with Crippen LogP contribution in [0.15, 0.2) is 48.5 Å². The lowest BCUT2D eigenvalue weighted by molar-refractivity contribution is -0.0429. The molecular formula is C27H37NO7. The SMILES string of the molecule is COc1ccccc1COCCCOc1ccc(C2C(O)CN(C(=O)OC(C)(C)C)CC2O)cc1. The molecule has 1 saturated heterocycles. The van der Waals surface area contributed by atoms with E-state index in [9.17, 15) is 15.0 Å². The molecule has 1 heterocycles. The fourth-order valence-corrected chi connectivity index (χ4v) is 4.07. The molecule has 0 bridgehead atoms. The summed E-state index contributed by atoms with van der Waals surface area (Å²) in [5.74, 6) is 1.02. The van der Waals surface area contributed by atoms with Gasteiger partial charge in [0.15, 0.2) is 0 Å². The summed E-state index contributed by atoms with van der Waals surface area (Å²) in [6.07, 6.45) is -1.61. The molecular weight excluding hydrogens is 450 g/mol. The lowest BCUT2D eigenvalue weighted by Gasteiger charge is -2.40. The second kappa shape index (κ2) is 12.2. The van der Waals surface area contributed by atoms with Gasteiger partial charge in [-0.25, -0.2) is 4.79 Å². The van der Waals surface area contributed by atoms with E-state index in [0.717, 1.165) is 23.3 Å². The number of ether oxygens (including phenoxy) is 4. The van der Waals surface area contributed by atoms with E-state index in [4.69, 9.17) is 18.9 Å². The van der Waals surface area contributed by atoms with Crippen LogP contribution in [-0.2, 0) is 16.1 Å². The van der Waals surface area contributed by atoms with E-state index in [1.165, 1.54) is 4.90 Å². The van der Waals surface area contributed by atoms with E-state index in [0.29, 0.717) is 25.6 Å². The van der Waals surface area contributed by atoms with Crippen LogP contribution in [0, 0.1) is 0 Å². The number of carbonyl (C=O) groups excluding carboxylic acids is 1. The van der Waals surface area contributed by atoms with Crippen molar-refractivity contribution < 1.29 is 34.0 Å². The van der Waals surface area contributed by atoms with Crippen molar-refractivity contribution in [2.24, 2.45) is 0 Å². The van der Waals surface area contributed by atoms with Gasteiger partial charge in [-0.2, -0.15) is 0 Å². The van der Waals surface area contributed by atoms with Crippen molar-refractivity contribution in [3.8, 4) is 11.5 Å². The third kappa shape index (κ3) is 7.85. The number of rotatable bonds is 9. The first-order valence-electron chi connectivity index (χ1n) is 11.9. The Hall–Kier alpha value is -2.81. The van der Waals surface area contributed by atoms with Gasteiger partial charge in [-0.05, 0) is 44.5 Å². The van der Waals surface area contributed by atoms with Crippen LogP contribution < -0.4 is 9.47 Å². The largest absolute Gasteiger partial charge is 0.496 e. The summed E-state index contributed by atoms with van der Waals surface area (Å²) in [5, 5.41) is 21.3. The van der Waals surface area contributed by atoms with Crippen molar-refractivity contribution in [1.29, 1.82) is 0 Å². The Bertz CT molecular complexity index is 929. The minimum Gasteiger partial charge on any atom is -0.496 e. The molecule has 35 heavy (non-hydrogen) atoms. The smallest absolute Gasteiger partial charge is 0.410 e. The lowest BCUT2D eigenvalue weighted by Crippen LogP contribution is -2.53. The number of benzene rings is 2. The molecule has 2 atom stereocenters. The van der Waals surface area contributed by atoms with Crippen LogP contribution in [0.2, 0.25) is 0 Å². The zero-order valence-electron chi connectivity index (χ0n) is 21.0. The Morgan fingerprint density at radius 3 is 2.29 bits per heavy atom. The second-order valence-corrected chi connectivity index (χ2v) is 9.68. The maximum absolute atomic E-state index is 12.3. The topological polar surface area (TPSA) is 97.7 Å². The fourth-order valence-electron chi connectivity index (χ4n) is 4.07. The number of hydrogen-bond donors (Lipinski definition) is 2. The van der Waals surface area contributed by atoms with E-state index in [-0.39, 0.29) is 13.1 Å². The Kier molecular flexibility index (Phi) is 9.37. The van der Waals surface area contributed by atoms with Crippen LogP contribution >= 0.6 is 0 Å². The monoisotopic (exact) mass is 487 g/mol. The Labute approximate surface area is 207 Å². The fraction of sp³-hybridized carbons (Fsp3) is 0.519. The Morgan fingerprint density at radius 1 is 1.00 bits per heavy atom. The van der Waals surface area contributed by atoms with E-state index in [1.807, 2.05) is 48.5 Å². The molecule has 1 aliphatic rings. The summed E-state index contributed by atoms with van der Waals surface area (Å²) >= 11 is 0. The van der Waals surface area contributed by atoms with Gasteiger partial charge in [-0.3, -0.25) is 0 Å². The normalized spacial score (nSPS) is 20.4. The number of amides is 1. The summed E-state index contributed by atoms with van der Waals surface area (Å²) in [5.41, 5.74) is 1.16. The molecule has 8 nitrogen and oxygen atoms in total. The van der Waals surface area contributed by atoms with Crippen LogP contribution in [0.4, 0.5) is 4.79 Å². The van der Waals surface area contributed by atoms with Crippen LogP contribution in [0.25, 0.3) is 0 Å². The molecule has 2 aromatic carbocycles. The average Bonchev–Trinajstić information content (AvgIpc) is 2.81. The first-order chi connectivity index (χ1) is 16.7. The van der Waals surface area contributed by atoms with Crippen molar-refractivity contribution in [3.05, 3.63) is 59.7 Å². The van der Waals surface area contributed by atoms with Crippen molar-refractivity contribution in [1.82, 2.24) is 4.90 Å². The van der Waals surface area contributed by atoms with Gasteiger partial charge in [0.2, 0.25) is 0 Å². The highest BCUT2D eigenvalue weighted by Crippen LogP contribution is 2.31. The zero-order valence-corrected chi connectivity index (χ0v) is 21.0. The van der Waals surface area contributed by atoms with Crippen molar-refractivity contribution in [2.45, 2.75) is 57.5 Å². The number of aliphatic hydroxyl groups is 2. The minimum atomic E-state index is -0.904. The number of β-amino-alcohol motifs (C(OH)–C–C–N with tert-alkyl or cyclic N) is 2. The highest BCUT2D eigenvalue weighted by Gasteiger charge is 2.39. The average molecular weight is 488 g/mol. The second-order valence-electron chi connectivity index (χ2n) is 9.68. The molecule has 2 unspecified atom stereocenters. The molecule has 0 aromatic heterocycles. The summed E-state index contributed by atoms with van der Waals surface area (Å²) in [6.45, 7) is 7.09. The molecule has 1 amide bonds. The van der Waals surface area contributed by atoms with E-state index in [2.05, 4.69) is 0 Å². The number of likely N-dealkylation sites (tertiary alicyclic amines) is 1. The number of carbonyl (C=O) groups is 1. The lowest BCUT2D eigenvalue weighted by atomic mass is 9.85. The van der Waals surface area contributed by atoms with Crippen LogP contribution in [-0.4, -0.2) is 72.4 Å². The minimum absolute atomic E-state index is 0.101. The molecule has 8 heteroatoms. The van der Waals surface area contributed by atoms with Gasteiger partial charge >= 0.3 is 6.09 Å². The third-order valence-corrected chi connectivity index (χ3v) is 5.71. The van der Waals surface area contributed by atoms with Crippen molar-refractivity contribution in [3.63, 3.8) is 0 Å². The van der Waals surface area contributed by atoms with Gasteiger partial charge in [-0.15, -0.1) is 0 Å². The molecule has 0 spiro atoms. The first-order valence-corrected chi connectivity index (χ1v) is 11.9. The predicted octanol–water partition coefficient (Wildman–Crippen LogP) is 3.74. The molecule has 2 aromatic rings. The zero-order chi connectivity index (χ0) is 25.4. The molecule has 0 aliphatic carbocycles. The summed E-state index contributed by atoms with van der Waals surface area (Å²) in [4.78, 5) is 13.7. The van der Waals surface area contributed by atoms with Gasteiger partial charge in [0.25, 0.3) is 0 Å². The molecule has 1 fully saturated rings. The van der Waals surface area contributed by atoms with Gasteiger partial charge in [0, 0.05) is 17.9 Å². The Balaban J connectivity index is 1.43. The summed E-state index contributed by atoms with van der Waals surface area (Å²) < 4.78 is 22.2. The summed E-state index contributed by atoms with van der Waals surface area (Å²) in [7, 11) is 1.65. The van der Waals surface area contributed by atoms with E-state index >= 15 is 0 Å². The number of aliphatic hydroxyl groups excluding tert-OH is 2. The van der Waals surface area contributed by atoms with E-state index in [1.54, 1.807) is 27.9 Å². The van der Waals surface area contributed by atoms with Crippen LogP contribution in [0.3, 0.4) is 0 Å². The highest BCUT2D eigenvalue weighted by molar-refractivity contribution is 5.68. The van der Waals surface area contributed by atoms with Crippen LogP contribution in [0.5, 0.6) is 11.5 Å². The number of piperidine rings is 1. The molecule has 1 aliphatic heterocycles. The van der Waals surface area contributed by atoms with Gasteiger partial charge in [0.1, 0.15) is 17.1 Å². The highest BCUT2D eigenvalue weighted by atomic mass is 16.6. The molecule has 2 N–H and O–H groups in total. The quantitative estimate of drug-likeness (QED) is 0.520. The number of methoxy groups -OCH3 is 1. The van der Waals surface area contributed by atoms with Crippen molar-refractivity contribution >= 4 is 6.09 Å². The Morgan fingerprint density at radius 2 is 1.66 bits per heavy atom. The molecule has 192 valence electrons. The molecule has 0 saturated carbocycles. The van der Waals surface area contributed by atoms with Crippen molar-refractivity contribution in [2.75, 3.05) is 33.4 Å². The summed E-state index contributed by atoms with van der Waals surface area (Å²) in [6, 6.07) is 15.1. The predicted molar refractivity (Wildman–Crippen MR) is 132 cm³/mol. The first kappa shape index (κ1) is 26.8.